The first-order chi connectivity index (χ1) is 13.0. The number of halogens is 1. The third-order valence-corrected chi connectivity index (χ3v) is 5.12. The molecular weight excluding hydrogens is 347 g/mol. The molecule has 1 aliphatic rings. The van der Waals surface area contributed by atoms with Crippen LogP contribution in [0.5, 0.6) is 5.75 Å². The van der Waals surface area contributed by atoms with Crippen molar-refractivity contribution in [2.75, 3.05) is 33.3 Å². The molecule has 3 rings (SSSR count). The standard InChI is InChI=1S/C21H25FN2O3/c1-27-19-9-5-3-7-17(19)21(26)10-13-24(14-11-21)15-12-23-20(25)16-6-2-4-8-18(16)22/h2-9,26H,10-15H2,1H3,(H,23,25). The minimum Gasteiger partial charge on any atom is -0.496 e. The Balaban J connectivity index is 1.50. The summed E-state index contributed by atoms with van der Waals surface area (Å²) in [6.45, 7) is 2.51. The number of likely N-dealkylation sites (tertiary alicyclic amines) is 1. The third-order valence-electron chi connectivity index (χ3n) is 5.12. The average molecular weight is 372 g/mol. The second-order valence-corrected chi connectivity index (χ2v) is 6.81. The lowest BCUT2D eigenvalue weighted by Gasteiger charge is -2.39. The molecule has 0 bridgehead atoms. The van der Waals surface area contributed by atoms with Gasteiger partial charge in [0.05, 0.1) is 18.3 Å². The minimum atomic E-state index is -0.903. The zero-order valence-corrected chi connectivity index (χ0v) is 15.5. The fraction of sp³-hybridized carbons (Fsp3) is 0.381. The Morgan fingerprint density at radius 3 is 2.56 bits per heavy atom. The van der Waals surface area contributed by atoms with E-state index >= 15 is 0 Å². The van der Waals surface area contributed by atoms with E-state index in [0.717, 1.165) is 5.56 Å². The molecule has 1 heterocycles. The Morgan fingerprint density at radius 1 is 1.19 bits per heavy atom. The van der Waals surface area contributed by atoms with Crippen molar-refractivity contribution in [2.45, 2.75) is 18.4 Å². The summed E-state index contributed by atoms with van der Waals surface area (Å²) in [6, 6.07) is 13.5. The van der Waals surface area contributed by atoms with Gasteiger partial charge in [0.2, 0.25) is 0 Å². The van der Waals surface area contributed by atoms with E-state index in [4.69, 9.17) is 4.74 Å². The van der Waals surface area contributed by atoms with E-state index in [1.54, 1.807) is 19.2 Å². The SMILES string of the molecule is COc1ccccc1C1(O)CCN(CCNC(=O)c2ccccc2F)CC1. The molecule has 0 atom stereocenters. The van der Waals surface area contributed by atoms with Gasteiger partial charge in [-0.2, -0.15) is 0 Å². The number of ether oxygens (including phenoxy) is 1. The fourth-order valence-corrected chi connectivity index (χ4v) is 3.51. The maximum Gasteiger partial charge on any atom is 0.254 e. The normalized spacial score (nSPS) is 16.7. The van der Waals surface area contributed by atoms with Crippen molar-refractivity contribution in [3.63, 3.8) is 0 Å². The van der Waals surface area contributed by atoms with Crippen molar-refractivity contribution in [1.29, 1.82) is 0 Å². The van der Waals surface area contributed by atoms with Gasteiger partial charge in [-0.3, -0.25) is 4.79 Å². The minimum absolute atomic E-state index is 0.0571. The number of carbonyl (C=O) groups is 1. The topological polar surface area (TPSA) is 61.8 Å². The first-order valence-electron chi connectivity index (χ1n) is 9.14. The average Bonchev–Trinajstić information content (AvgIpc) is 2.70. The number of methoxy groups -OCH3 is 1. The van der Waals surface area contributed by atoms with E-state index in [2.05, 4.69) is 10.2 Å². The van der Waals surface area contributed by atoms with Crippen molar-refractivity contribution in [1.82, 2.24) is 10.2 Å². The van der Waals surface area contributed by atoms with E-state index in [1.807, 2.05) is 24.3 Å². The molecule has 2 N–H and O–H groups in total. The van der Waals surface area contributed by atoms with E-state index in [9.17, 15) is 14.3 Å². The maximum absolute atomic E-state index is 13.6. The Morgan fingerprint density at radius 2 is 1.85 bits per heavy atom. The molecule has 0 saturated carbocycles. The molecule has 1 saturated heterocycles. The number of carbonyl (C=O) groups excluding carboxylic acids is 1. The molecule has 0 unspecified atom stereocenters. The highest BCUT2D eigenvalue weighted by atomic mass is 19.1. The van der Waals surface area contributed by atoms with Crippen LogP contribution in [0.15, 0.2) is 48.5 Å². The van der Waals surface area contributed by atoms with Crippen molar-refractivity contribution in [3.05, 3.63) is 65.5 Å². The molecule has 0 aromatic heterocycles. The van der Waals surface area contributed by atoms with E-state index < -0.39 is 17.3 Å². The van der Waals surface area contributed by atoms with Crippen molar-refractivity contribution in [2.24, 2.45) is 0 Å². The Hall–Kier alpha value is -2.44. The summed E-state index contributed by atoms with van der Waals surface area (Å²) < 4.78 is 19.0. The lowest BCUT2D eigenvalue weighted by molar-refractivity contribution is -0.0270. The third kappa shape index (κ3) is 4.46. The van der Waals surface area contributed by atoms with Crippen LogP contribution in [0.25, 0.3) is 0 Å². The molecule has 2 aromatic carbocycles. The zero-order valence-electron chi connectivity index (χ0n) is 15.5. The van der Waals surface area contributed by atoms with E-state index in [-0.39, 0.29) is 5.56 Å². The first-order valence-corrected chi connectivity index (χ1v) is 9.14. The van der Waals surface area contributed by atoms with Crippen LogP contribution < -0.4 is 10.1 Å². The molecule has 1 amide bonds. The fourth-order valence-electron chi connectivity index (χ4n) is 3.51. The van der Waals surface area contributed by atoms with Gasteiger partial charge in [0.15, 0.2) is 0 Å². The van der Waals surface area contributed by atoms with E-state index in [0.29, 0.717) is 44.8 Å². The second kappa shape index (κ2) is 8.50. The molecule has 1 aliphatic heterocycles. The van der Waals surface area contributed by atoms with Crippen LogP contribution in [0.1, 0.15) is 28.8 Å². The summed E-state index contributed by atoms with van der Waals surface area (Å²) in [6.07, 6.45) is 1.18. The molecule has 0 aliphatic carbocycles. The lowest BCUT2D eigenvalue weighted by Crippen LogP contribution is -2.45. The van der Waals surface area contributed by atoms with Gasteiger partial charge in [0, 0.05) is 31.7 Å². The molecule has 5 nitrogen and oxygen atoms in total. The molecule has 0 spiro atoms. The van der Waals surface area contributed by atoms with Crippen LogP contribution in [-0.4, -0.2) is 49.2 Å². The number of hydrogen-bond acceptors (Lipinski definition) is 4. The first kappa shape index (κ1) is 19.3. The number of nitrogens with zero attached hydrogens (tertiary/aromatic N) is 1. The van der Waals surface area contributed by atoms with Crippen molar-refractivity contribution >= 4 is 5.91 Å². The summed E-state index contributed by atoms with van der Waals surface area (Å²) in [5.74, 6) is -0.226. The molecule has 144 valence electrons. The Kier molecular flexibility index (Phi) is 6.08. The Labute approximate surface area is 158 Å². The van der Waals surface area contributed by atoms with Crippen LogP contribution in [-0.2, 0) is 5.60 Å². The van der Waals surface area contributed by atoms with Gasteiger partial charge >= 0.3 is 0 Å². The van der Waals surface area contributed by atoms with Gasteiger partial charge in [-0.25, -0.2) is 4.39 Å². The summed E-state index contributed by atoms with van der Waals surface area (Å²) in [7, 11) is 1.61. The number of benzene rings is 2. The highest BCUT2D eigenvalue weighted by Gasteiger charge is 2.35. The number of hydrogen-bond donors (Lipinski definition) is 2. The van der Waals surface area contributed by atoms with Gasteiger partial charge in [-0.15, -0.1) is 0 Å². The molecule has 0 radical (unpaired) electrons. The number of amides is 1. The van der Waals surface area contributed by atoms with Crippen LogP contribution in [0.4, 0.5) is 4.39 Å². The molecular formula is C21H25FN2O3. The number of aliphatic hydroxyl groups is 1. The van der Waals surface area contributed by atoms with Gasteiger partial charge in [-0.1, -0.05) is 30.3 Å². The number of nitrogens with one attached hydrogen (secondary N) is 1. The molecule has 6 heteroatoms. The molecule has 2 aromatic rings. The van der Waals surface area contributed by atoms with Crippen LogP contribution in [0.2, 0.25) is 0 Å². The predicted octanol–water partition coefficient (Wildman–Crippen LogP) is 2.55. The highest BCUT2D eigenvalue weighted by molar-refractivity contribution is 5.94. The van der Waals surface area contributed by atoms with Gasteiger partial charge in [-0.05, 0) is 31.0 Å². The Bertz CT molecular complexity index is 789. The summed E-state index contributed by atoms with van der Waals surface area (Å²) in [5.41, 5.74) is -0.0267. The predicted molar refractivity (Wildman–Crippen MR) is 101 cm³/mol. The smallest absolute Gasteiger partial charge is 0.254 e. The van der Waals surface area contributed by atoms with Crippen molar-refractivity contribution in [3.8, 4) is 5.75 Å². The number of para-hydroxylation sites is 1. The van der Waals surface area contributed by atoms with Crippen molar-refractivity contribution < 1.29 is 19.0 Å². The summed E-state index contributed by atoms with van der Waals surface area (Å²) in [4.78, 5) is 14.2. The lowest BCUT2D eigenvalue weighted by atomic mass is 9.84. The van der Waals surface area contributed by atoms with Crippen LogP contribution >= 0.6 is 0 Å². The van der Waals surface area contributed by atoms with Crippen LogP contribution in [0, 0.1) is 5.82 Å². The zero-order chi connectivity index (χ0) is 19.3. The highest BCUT2D eigenvalue weighted by Crippen LogP contribution is 2.37. The van der Waals surface area contributed by atoms with Crippen LogP contribution in [0.3, 0.4) is 0 Å². The largest absolute Gasteiger partial charge is 0.496 e. The van der Waals surface area contributed by atoms with Gasteiger partial charge < -0.3 is 20.1 Å². The molecule has 1 fully saturated rings. The number of rotatable bonds is 6. The van der Waals surface area contributed by atoms with Gasteiger partial charge in [0.25, 0.3) is 5.91 Å². The summed E-state index contributed by atoms with van der Waals surface area (Å²) >= 11 is 0. The molecule has 27 heavy (non-hydrogen) atoms. The maximum atomic E-state index is 13.6. The summed E-state index contributed by atoms with van der Waals surface area (Å²) in [5, 5.41) is 13.8. The van der Waals surface area contributed by atoms with Gasteiger partial charge in [0.1, 0.15) is 11.6 Å². The quantitative estimate of drug-likeness (QED) is 0.818. The monoisotopic (exact) mass is 372 g/mol. The van der Waals surface area contributed by atoms with E-state index in [1.165, 1.54) is 12.1 Å². The second-order valence-electron chi connectivity index (χ2n) is 6.81. The number of piperidine rings is 1.